The van der Waals surface area contributed by atoms with Crippen LogP contribution in [-0.4, -0.2) is 26.4 Å². The molecule has 1 aromatic carbocycles. The van der Waals surface area contributed by atoms with Crippen molar-refractivity contribution in [1.82, 2.24) is 5.32 Å². The van der Waals surface area contributed by atoms with Crippen molar-refractivity contribution in [2.75, 3.05) is 0 Å². The molecule has 1 amide bonds. The Balaban J connectivity index is 1.96. The van der Waals surface area contributed by atoms with Gasteiger partial charge in [-0.1, -0.05) is 12.1 Å². The third-order valence-electron chi connectivity index (χ3n) is 3.44. The Labute approximate surface area is 149 Å². The van der Waals surface area contributed by atoms with E-state index in [1.165, 1.54) is 31.2 Å². The third kappa shape index (κ3) is 4.90. The lowest BCUT2D eigenvalue weighted by molar-refractivity contribution is -0.129. The van der Waals surface area contributed by atoms with Gasteiger partial charge in [-0.15, -0.1) is 0 Å². The number of hydrogen-bond donors (Lipinski definition) is 2. The van der Waals surface area contributed by atoms with Gasteiger partial charge in [0.1, 0.15) is 5.82 Å². The van der Waals surface area contributed by atoms with Crippen molar-refractivity contribution < 1.29 is 31.6 Å². The molecule has 140 valence electrons. The average molecular weight is 384 g/mol. The highest BCUT2D eigenvalue weighted by Gasteiger charge is 2.24. The lowest BCUT2D eigenvalue weighted by Gasteiger charge is -2.18. The molecule has 0 radical (unpaired) electrons. The molecular weight excluding hydrogens is 367 g/mol. The van der Waals surface area contributed by atoms with Gasteiger partial charge in [-0.3, -0.25) is 4.79 Å². The zero-order chi connectivity index (χ0) is 19.5. The van der Waals surface area contributed by atoms with Crippen molar-refractivity contribution in [3.8, 4) is 0 Å². The number of esters is 1. The maximum absolute atomic E-state index is 12.9. The van der Waals surface area contributed by atoms with E-state index in [1.807, 2.05) is 0 Å². The lowest BCUT2D eigenvalue weighted by Crippen LogP contribution is -2.37. The molecule has 0 aliphatic carbocycles. The van der Waals surface area contributed by atoms with Gasteiger partial charge in [0.25, 0.3) is 15.9 Å². The SMILES string of the molecule is CC(OC(=O)c1ccc(S(N)(=O)=O)o1)C(=O)NC(C)c1ccc(F)cc1. The molecule has 2 unspecified atom stereocenters. The van der Waals surface area contributed by atoms with Gasteiger partial charge in [-0.05, 0) is 43.7 Å². The summed E-state index contributed by atoms with van der Waals surface area (Å²) >= 11 is 0. The summed E-state index contributed by atoms with van der Waals surface area (Å²) in [5, 5.41) is 6.90. The van der Waals surface area contributed by atoms with Crippen LogP contribution >= 0.6 is 0 Å². The number of primary sulfonamides is 1. The molecule has 10 heteroatoms. The number of nitrogens with one attached hydrogen (secondary N) is 1. The predicted molar refractivity (Wildman–Crippen MR) is 87.9 cm³/mol. The van der Waals surface area contributed by atoms with E-state index in [2.05, 4.69) is 5.32 Å². The van der Waals surface area contributed by atoms with Crippen LogP contribution in [0.5, 0.6) is 0 Å². The molecule has 2 atom stereocenters. The number of benzene rings is 1. The van der Waals surface area contributed by atoms with E-state index in [-0.39, 0.29) is 0 Å². The molecule has 3 N–H and O–H groups in total. The molecule has 2 aromatic rings. The van der Waals surface area contributed by atoms with E-state index in [4.69, 9.17) is 14.3 Å². The Morgan fingerprint density at radius 2 is 1.77 bits per heavy atom. The largest absolute Gasteiger partial charge is 0.447 e. The lowest BCUT2D eigenvalue weighted by atomic mass is 10.1. The molecule has 0 saturated carbocycles. The second-order valence-corrected chi connectivity index (χ2v) is 6.99. The van der Waals surface area contributed by atoms with Crippen LogP contribution in [0.25, 0.3) is 0 Å². The van der Waals surface area contributed by atoms with Crippen LogP contribution in [0, 0.1) is 5.82 Å². The summed E-state index contributed by atoms with van der Waals surface area (Å²) in [6.07, 6.45) is -1.17. The Morgan fingerprint density at radius 1 is 1.15 bits per heavy atom. The Bertz CT molecular complexity index is 907. The Morgan fingerprint density at radius 3 is 2.31 bits per heavy atom. The fourth-order valence-corrected chi connectivity index (χ4v) is 2.48. The van der Waals surface area contributed by atoms with Crippen LogP contribution < -0.4 is 10.5 Å². The van der Waals surface area contributed by atoms with Crippen molar-refractivity contribution in [3.63, 3.8) is 0 Å². The number of hydrogen-bond acceptors (Lipinski definition) is 6. The first-order chi connectivity index (χ1) is 12.1. The quantitative estimate of drug-likeness (QED) is 0.726. The van der Waals surface area contributed by atoms with Gasteiger partial charge in [0.05, 0.1) is 6.04 Å². The first kappa shape index (κ1) is 19.6. The summed E-state index contributed by atoms with van der Waals surface area (Å²) in [6.45, 7) is 3.03. The van der Waals surface area contributed by atoms with Crippen LogP contribution in [0.15, 0.2) is 45.9 Å². The molecule has 0 saturated heterocycles. The maximum atomic E-state index is 12.9. The minimum Gasteiger partial charge on any atom is -0.447 e. The van der Waals surface area contributed by atoms with Crippen molar-refractivity contribution in [1.29, 1.82) is 0 Å². The number of nitrogens with two attached hydrogens (primary N) is 1. The number of ether oxygens (including phenoxy) is 1. The van der Waals surface area contributed by atoms with E-state index in [1.54, 1.807) is 6.92 Å². The number of rotatable bonds is 6. The maximum Gasteiger partial charge on any atom is 0.375 e. The highest BCUT2D eigenvalue weighted by molar-refractivity contribution is 7.89. The highest BCUT2D eigenvalue weighted by atomic mass is 32.2. The molecule has 0 aliphatic heterocycles. The van der Waals surface area contributed by atoms with E-state index >= 15 is 0 Å². The molecule has 0 spiro atoms. The fourth-order valence-electron chi connectivity index (χ4n) is 2.02. The topological polar surface area (TPSA) is 129 Å². The highest BCUT2D eigenvalue weighted by Crippen LogP contribution is 2.15. The second kappa shape index (κ2) is 7.67. The molecule has 0 fully saturated rings. The number of halogens is 1. The molecule has 0 aliphatic rings. The molecular formula is C16H17FN2O6S. The van der Waals surface area contributed by atoms with E-state index in [9.17, 15) is 22.4 Å². The summed E-state index contributed by atoms with van der Waals surface area (Å²) in [4.78, 5) is 24.0. The smallest absolute Gasteiger partial charge is 0.375 e. The van der Waals surface area contributed by atoms with Gasteiger partial charge in [0.2, 0.25) is 10.9 Å². The van der Waals surface area contributed by atoms with E-state index in [0.29, 0.717) is 5.56 Å². The minimum absolute atomic E-state index is 0.396. The second-order valence-electron chi connectivity index (χ2n) is 5.49. The first-order valence-corrected chi connectivity index (χ1v) is 9.02. The average Bonchev–Trinajstić information content (AvgIpc) is 3.05. The normalized spacial score (nSPS) is 13.7. The van der Waals surface area contributed by atoms with Gasteiger partial charge in [-0.2, -0.15) is 0 Å². The molecule has 0 bridgehead atoms. The summed E-state index contributed by atoms with van der Waals surface area (Å²) < 4.78 is 44.9. The summed E-state index contributed by atoms with van der Waals surface area (Å²) in [7, 11) is -4.09. The van der Waals surface area contributed by atoms with Crippen molar-refractivity contribution >= 4 is 21.9 Å². The fraction of sp³-hybridized carbons (Fsp3) is 0.250. The van der Waals surface area contributed by atoms with Gasteiger partial charge >= 0.3 is 5.97 Å². The van der Waals surface area contributed by atoms with Crippen LogP contribution in [-0.2, 0) is 19.6 Å². The number of carbonyl (C=O) groups is 2. The predicted octanol–water partition coefficient (Wildman–Crippen LogP) is 1.49. The Kier molecular flexibility index (Phi) is 5.78. The Hall–Kier alpha value is -2.72. The molecule has 8 nitrogen and oxygen atoms in total. The van der Waals surface area contributed by atoms with Crippen LogP contribution in [0.3, 0.4) is 0 Å². The van der Waals surface area contributed by atoms with Gasteiger partial charge in [-0.25, -0.2) is 22.7 Å². The summed E-state index contributed by atoms with van der Waals surface area (Å²) in [6, 6.07) is 7.22. The molecule has 1 aromatic heterocycles. The van der Waals surface area contributed by atoms with Gasteiger partial charge < -0.3 is 14.5 Å². The third-order valence-corrected chi connectivity index (χ3v) is 4.23. The van der Waals surface area contributed by atoms with E-state index < -0.39 is 50.7 Å². The molecule has 26 heavy (non-hydrogen) atoms. The minimum atomic E-state index is -4.09. The summed E-state index contributed by atoms with van der Waals surface area (Å²) in [5.41, 5.74) is 0.669. The first-order valence-electron chi connectivity index (χ1n) is 7.47. The van der Waals surface area contributed by atoms with E-state index in [0.717, 1.165) is 12.1 Å². The van der Waals surface area contributed by atoms with Crippen LogP contribution in [0.4, 0.5) is 4.39 Å². The molecule has 1 heterocycles. The van der Waals surface area contributed by atoms with Gasteiger partial charge in [0.15, 0.2) is 6.10 Å². The number of sulfonamides is 1. The molecule has 2 rings (SSSR count). The zero-order valence-corrected chi connectivity index (χ0v) is 14.7. The van der Waals surface area contributed by atoms with Crippen LogP contribution in [0.1, 0.15) is 36.0 Å². The standard InChI is InChI=1S/C16H17FN2O6S/c1-9(11-3-5-12(17)6-4-11)19-15(20)10(2)24-16(21)13-7-8-14(25-13)26(18,22)23/h3-10H,1-2H3,(H,19,20)(H2,18,22,23). The van der Waals surface area contributed by atoms with Crippen LogP contribution in [0.2, 0.25) is 0 Å². The van der Waals surface area contributed by atoms with Crippen molar-refractivity contribution in [2.24, 2.45) is 5.14 Å². The number of carbonyl (C=O) groups excluding carboxylic acids is 2. The summed E-state index contributed by atoms with van der Waals surface area (Å²) in [5.74, 6) is -2.41. The van der Waals surface area contributed by atoms with Gasteiger partial charge in [0, 0.05) is 0 Å². The number of furan rings is 1. The zero-order valence-electron chi connectivity index (χ0n) is 13.9. The monoisotopic (exact) mass is 384 g/mol. The number of amides is 1. The van der Waals surface area contributed by atoms with Crippen molar-refractivity contribution in [3.05, 3.63) is 53.5 Å². The van der Waals surface area contributed by atoms with Crippen molar-refractivity contribution in [2.45, 2.75) is 31.1 Å².